The predicted octanol–water partition coefficient (Wildman–Crippen LogP) is 4.58. The molecule has 0 heterocycles. The average Bonchev–Trinajstić information content (AvgIpc) is 2.88. The number of hydrogen-bond acceptors (Lipinski definition) is 1. The van der Waals surface area contributed by atoms with E-state index in [4.69, 9.17) is 0 Å². The molecule has 1 aliphatic rings. The summed E-state index contributed by atoms with van der Waals surface area (Å²) < 4.78 is 37.7. The van der Waals surface area contributed by atoms with Crippen molar-refractivity contribution in [2.45, 2.75) is 25.1 Å². The number of alkyl halides is 3. The van der Waals surface area contributed by atoms with Gasteiger partial charge in [0.1, 0.15) is 0 Å². The third-order valence-corrected chi connectivity index (χ3v) is 4.11. The minimum atomic E-state index is -4.28. The Hall–Kier alpha value is -1.81. The van der Waals surface area contributed by atoms with Crippen LogP contribution >= 0.6 is 0 Å². The van der Waals surface area contributed by atoms with Crippen LogP contribution in [0.1, 0.15) is 29.2 Å². The zero-order valence-electron chi connectivity index (χ0n) is 11.7. The molecule has 0 amide bonds. The lowest BCUT2D eigenvalue weighted by Gasteiger charge is -2.11. The maximum Gasteiger partial charge on any atom is 0.416 e. The van der Waals surface area contributed by atoms with E-state index in [9.17, 15) is 13.2 Å². The minimum Gasteiger partial charge on any atom is -0.313 e. The second-order valence-electron chi connectivity index (χ2n) is 5.37. The van der Waals surface area contributed by atoms with Crippen molar-refractivity contribution in [1.29, 1.82) is 0 Å². The molecular formula is C17H16F3N. The van der Waals surface area contributed by atoms with Crippen LogP contribution in [0.4, 0.5) is 13.2 Å². The summed E-state index contributed by atoms with van der Waals surface area (Å²) in [5, 5.41) is 3.28. The molecule has 0 aromatic heterocycles. The number of hydrogen-bond donors (Lipinski definition) is 1. The lowest BCUT2D eigenvalue weighted by molar-refractivity contribution is -0.137. The normalized spacial score (nSPS) is 17.8. The molecule has 1 N–H and O–H groups in total. The van der Waals surface area contributed by atoms with E-state index in [0.717, 1.165) is 36.1 Å². The minimum absolute atomic E-state index is 0.390. The summed E-state index contributed by atoms with van der Waals surface area (Å²) in [7, 11) is 1.95. The summed E-state index contributed by atoms with van der Waals surface area (Å²) in [5.74, 6) is 0. The first-order valence-corrected chi connectivity index (χ1v) is 6.97. The first-order valence-electron chi connectivity index (χ1n) is 6.97. The molecule has 0 aliphatic heterocycles. The van der Waals surface area contributed by atoms with E-state index in [1.165, 1.54) is 23.3 Å². The van der Waals surface area contributed by atoms with Gasteiger partial charge in [-0.05, 0) is 54.3 Å². The maximum atomic E-state index is 12.6. The fraction of sp³-hybridized carbons (Fsp3) is 0.294. The van der Waals surface area contributed by atoms with Crippen LogP contribution < -0.4 is 5.32 Å². The van der Waals surface area contributed by atoms with E-state index >= 15 is 0 Å². The lowest BCUT2D eigenvalue weighted by atomic mass is 9.99. The van der Waals surface area contributed by atoms with Gasteiger partial charge in [0.25, 0.3) is 0 Å². The number of benzene rings is 2. The molecule has 0 saturated carbocycles. The zero-order valence-corrected chi connectivity index (χ0v) is 11.7. The van der Waals surface area contributed by atoms with Crippen molar-refractivity contribution < 1.29 is 13.2 Å². The Balaban J connectivity index is 1.92. The molecule has 0 fully saturated rings. The molecule has 2 aromatic carbocycles. The van der Waals surface area contributed by atoms with E-state index in [-0.39, 0.29) is 0 Å². The van der Waals surface area contributed by atoms with Gasteiger partial charge in [-0.3, -0.25) is 0 Å². The molecule has 0 spiro atoms. The van der Waals surface area contributed by atoms with Crippen LogP contribution in [-0.4, -0.2) is 7.05 Å². The monoisotopic (exact) mass is 291 g/mol. The number of rotatable bonds is 2. The van der Waals surface area contributed by atoms with Gasteiger partial charge in [0.15, 0.2) is 0 Å². The summed E-state index contributed by atoms with van der Waals surface area (Å²) >= 11 is 0. The smallest absolute Gasteiger partial charge is 0.313 e. The Bertz CT molecular complexity index is 644. The number of fused-ring (bicyclic) bond motifs is 1. The summed E-state index contributed by atoms with van der Waals surface area (Å²) in [6.45, 7) is 0. The molecule has 1 unspecified atom stereocenters. The number of nitrogens with one attached hydrogen (secondary N) is 1. The third kappa shape index (κ3) is 2.68. The van der Waals surface area contributed by atoms with Gasteiger partial charge < -0.3 is 5.32 Å². The Labute approximate surface area is 121 Å². The van der Waals surface area contributed by atoms with Crippen molar-refractivity contribution in [3.8, 4) is 11.1 Å². The van der Waals surface area contributed by atoms with Gasteiger partial charge in [0.2, 0.25) is 0 Å². The Kier molecular flexibility index (Phi) is 3.49. The van der Waals surface area contributed by atoms with Crippen molar-refractivity contribution in [1.82, 2.24) is 5.32 Å². The molecule has 21 heavy (non-hydrogen) atoms. The van der Waals surface area contributed by atoms with Gasteiger partial charge in [-0.1, -0.05) is 30.3 Å². The topological polar surface area (TPSA) is 12.0 Å². The van der Waals surface area contributed by atoms with Crippen LogP contribution in [0, 0.1) is 0 Å². The third-order valence-electron chi connectivity index (χ3n) is 4.11. The summed E-state index contributed by atoms with van der Waals surface area (Å²) in [6, 6.07) is 11.9. The fourth-order valence-corrected chi connectivity index (χ4v) is 2.95. The standard InChI is InChI=1S/C17H16F3N/c1-21-16-9-5-13-10-12(4-8-15(13)16)11-2-6-14(7-3-11)17(18,19)20/h2-4,6-8,10,16,21H,5,9H2,1H3. The van der Waals surface area contributed by atoms with E-state index in [1.807, 2.05) is 13.1 Å². The van der Waals surface area contributed by atoms with E-state index in [2.05, 4.69) is 17.4 Å². The van der Waals surface area contributed by atoms with Crippen LogP contribution in [0.15, 0.2) is 42.5 Å². The zero-order chi connectivity index (χ0) is 15.0. The molecule has 4 heteroatoms. The van der Waals surface area contributed by atoms with E-state index in [1.54, 1.807) is 0 Å². The van der Waals surface area contributed by atoms with Crippen LogP contribution in [0.3, 0.4) is 0 Å². The van der Waals surface area contributed by atoms with Crippen molar-refractivity contribution >= 4 is 0 Å². The van der Waals surface area contributed by atoms with Gasteiger partial charge in [-0.15, -0.1) is 0 Å². The fourth-order valence-electron chi connectivity index (χ4n) is 2.95. The molecule has 2 aromatic rings. The van der Waals surface area contributed by atoms with Crippen LogP contribution in [-0.2, 0) is 12.6 Å². The summed E-state index contributed by atoms with van der Waals surface area (Å²) in [6.07, 6.45) is -2.20. The van der Waals surface area contributed by atoms with Crippen LogP contribution in [0.2, 0.25) is 0 Å². The molecule has 1 atom stereocenters. The predicted molar refractivity (Wildman–Crippen MR) is 77.0 cm³/mol. The SMILES string of the molecule is CNC1CCc2cc(-c3ccc(C(F)(F)F)cc3)ccc21. The second-order valence-corrected chi connectivity index (χ2v) is 5.37. The second kappa shape index (κ2) is 5.19. The quantitative estimate of drug-likeness (QED) is 0.854. The van der Waals surface area contributed by atoms with Gasteiger partial charge in [-0.2, -0.15) is 13.2 Å². The lowest BCUT2D eigenvalue weighted by Crippen LogP contribution is -2.12. The van der Waals surface area contributed by atoms with Gasteiger partial charge in [-0.25, -0.2) is 0 Å². The number of halogens is 3. The first kappa shape index (κ1) is 14.1. The molecule has 1 aliphatic carbocycles. The van der Waals surface area contributed by atoms with Crippen molar-refractivity contribution in [3.63, 3.8) is 0 Å². The Morgan fingerprint density at radius 2 is 1.67 bits per heavy atom. The van der Waals surface area contributed by atoms with Crippen molar-refractivity contribution in [2.24, 2.45) is 0 Å². The summed E-state index contributed by atoms with van der Waals surface area (Å²) in [5.41, 5.74) is 3.76. The Morgan fingerprint density at radius 1 is 1.00 bits per heavy atom. The van der Waals surface area contributed by atoms with Crippen molar-refractivity contribution in [3.05, 3.63) is 59.2 Å². The molecule has 0 radical (unpaired) electrons. The van der Waals surface area contributed by atoms with Gasteiger partial charge >= 0.3 is 6.18 Å². The first-order chi connectivity index (χ1) is 9.99. The summed E-state index contributed by atoms with van der Waals surface area (Å²) in [4.78, 5) is 0. The molecule has 1 nitrogen and oxygen atoms in total. The molecular weight excluding hydrogens is 275 g/mol. The number of aryl methyl sites for hydroxylation is 1. The Morgan fingerprint density at radius 3 is 2.29 bits per heavy atom. The van der Waals surface area contributed by atoms with E-state index in [0.29, 0.717) is 6.04 Å². The van der Waals surface area contributed by atoms with Crippen LogP contribution in [0.5, 0.6) is 0 Å². The molecule has 3 rings (SSSR count). The van der Waals surface area contributed by atoms with Crippen molar-refractivity contribution in [2.75, 3.05) is 7.05 Å². The highest BCUT2D eigenvalue weighted by Gasteiger charge is 2.30. The molecule has 110 valence electrons. The van der Waals surface area contributed by atoms with Gasteiger partial charge in [0, 0.05) is 6.04 Å². The van der Waals surface area contributed by atoms with E-state index < -0.39 is 11.7 Å². The molecule has 0 bridgehead atoms. The highest BCUT2D eigenvalue weighted by molar-refractivity contribution is 5.66. The highest BCUT2D eigenvalue weighted by Crippen LogP contribution is 2.35. The maximum absolute atomic E-state index is 12.6. The largest absolute Gasteiger partial charge is 0.416 e. The highest BCUT2D eigenvalue weighted by atomic mass is 19.4. The van der Waals surface area contributed by atoms with Gasteiger partial charge in [0.05, 0.1) is 5.56 Å². The van der Waals surface area contributed by atoms with Crippen LogP contribution in [0.25, 0.3) is 11.1 Å². The molecule has 0 saturated heterocycles. The average molecular weight is 291 g/mol.